The van der Waals surface area contributed by atoms with E-state index in [1.807, 2.05) is 13.8 Å². The molecule has 1 fully saturated rings. The Hall–Kier alpha value is -0.630. The maximum atomic E-state index is 12.4. The third-order valence-corrected chi connectivity index (χ3v) is 4.87. The fourth-order valence-corrected chi connectivity index (χ4v) is 3.95. The van der Waals surface area contributed by atoms with Crippen LogP contribution in [0.25, 0.3) is 0 Å². The molecular formula is C10H19ClN4O2S. The van der Waals surface area contributed by atoms with Crippen molar-refractivity contribution in [1.82, 2.24) is 19.8 Å². The van der Waals surface area contributed by atoms with Gasteiger partial charge in [-0.25, -0.2) is 8.42 Å². The van der Waals surface area contributed by atoms with Gasteiger partial charge in [-0.2, -0.15) is 9.40 Å². The SMILES string of the molecule is Cc1[nH]ncc1S(=O)(=O)N1CC(C)NC(C)C1.Cl. The molecule has 104 valence electrons. The molecule has 0 aliphatic carbocycles. The van der Waals surface area contributed by atoms with Crippen molar-refractivity contribution in [3.8, 4) is 0 Å². The molecule has 2 unspecified atom stereocenters. The first-order valence-electron chi connectivity index (χ1n) is 5.67. The summed E-state index contributed by atoms with van der Waals surface area (Å²) in [6, 6.07) is 0.335. The van der Waals surface area contributed by atoms with Crippen molar-refractivity contribution in [3.63, 3.8) is 0 Å². The second-order valence-corrected chi connectivity index (χ2v) is 6.56. The van der Waals surface area contributed by atoms with E-state index in [0.717, 1.165) is 0 Å². The van der Waals surface area contributed by atoms with Crippen molar-refractivity contribution < 1.29 is 8.42 Å². The average molecular weight is 295 g/mol. The molecule has 1 aromatic heterocycles. The highest BCUT2D eigenvalue weighted by atomic mass is 35.5. The highest BCUT2D eigenvalue weighted by Gasteiger charge is 2.32. The van der Waals surface area contributed by atoms with Crippen molar-refractivity contribution in [2.45, 2.75) is 37.8 Å². The van der Waals surface area contributed by atoms with E-state index < -0.39 is 10.0 Å². The molecular weight excluding hydrogens is 276 g/mol. The predicted molar refractivity (Wildman–Crippen MR) is 71.4 cm³/mol. The molecule has 2 heterocycles. The third-order valence-electron chi connectivity index (χ3n) is 2.93. The zero-order chi connectivity index (χ0) is 12.6. The Morgan fingerprint density at radius 2 is 1.89 bits per heavy atom. The van der Waals surface area contributed by atoms with Gasteiger partial charge in [0.1, 0.15) is 4.90 Å². The number of aromatic nitrogens is 2. The molecule has 0 saturated carbocycles. The van der Waals surface area contributed by atoms with E-state index in [2.05, 4.69) is 15.5 Å². The summed E-state index contributed by atoms with van der Waals surface area (Å²) in [5, 5.41) is 9.75. The zero-order valence-electron chi connectivity index (χ0n) is 10.7. The quantitative estimate of drug-likeness (QED) is 0.833. The van der Waals surface area contributed by atoms with Crippen LogP contribution in [0, 0.1) is 6.92 Å². The summed E-state index contributed by atoms with van der Waals surface area (Å²) in [7, 11) is -3.42. The minimum absolute atomic E-state index is 0. The summed E-state index contributed by atoms with van der Waals surface area (Å²) in [5.74, 6) is 0. The fourth-order valence-electron chi connectivity index (χ4n) is 2.21. The van der Waals surface area contributed by atoms with Gasteiger partial charge in [0.05, 0.1) is 11.9 Å². The van der Waals surface area contributed by atoms with Gasteiger partial charge < -0.3 is 5.32 Å². The second-order valence-electron chi connectivity index (χ2n) is 4.65. The van der Waals surface area contributed by atoms with E-state index in [4.69, 9.17) is 0 Å². The Balaban J connectivity index is 0.00000162. The summed E-state index contributed by atoms with van der Waals surface area (Å²) < 4.78 is 26.3. The van der Waals surface area contributed by atoms with Gasteiger partial charge in [0.25, 0.3) is 0 Å². The number of aromatic amines is 1. The molecule has 2 N–H and O–H groups in total. The smallest absolute Gasteiger partial charge is 0.246 e. The van der Waals surface area contributed by atoms with E-state index in [1.165, 1.54) is 10.5 Å². The molecule has 1 aliphatic rings. The molecule has 0 spiro atoms. The van der Waals surface area contributed by atoms with Gasteiger partial charge in [0.2, 0.25) is 10.0 Å². The van der Waals surface area contributed by atoms with E-state index >= 15 is 0 Å². The van der Waals surface area contributed by atoms with Crippen LogP contribution < -0.4 is 5.32 Å². The van der Waals surface area contributed by atoms with Crippen LogP contribution >= 0.6 is 12.4 Å². The summed E-state index contributed by atoms with van der Waals surface area (Å²) in [5.41, 5.74) is 0.587. The number of sulfonamides is 1. The summed E-state index contributed by atoms with van der Waals surface area (Å²) >= 11 is 0. The Morgan fingerprint density at radius 1 is 1.33 bits per heavy atom. The number of halogens is 1. The van der Waals surface area contributed by atoms with Gasteiger partial charge in [-0.05, 0) is 20.8 Å². The lowest BCUT2D eigenvalue weighted by molar-refractivity contribution is 0.263. The average Bonchev–Trinajstić information content (AvgIpc) is 2.63. The summed E-state index contributed by atoms with van der Waals surface area (Å²) in [6.07, 6.45) is 1.38. The second kappa shape index (κ2) is 5.56. The Bertz CT molecular complexity index is 492. The van der Waals surface area contributed by atoms with Crippen molar-refractivity contribution >= 4 is 22.4 Å². The number of aryl methyl sites for hydroxylation is 1. The third kappa shape index (κ3) is 2.85. The molecule has 18 heavy (non-hydrogen) atoms. The lowest BCUT2D eigenvalue weighted by atomic mass is 10.2. The Labute approximate surface area is 114 Å². The fraction of sp³-hybridized carbons (Fsp3) is 0.700. The molecule has 2 atom stereocenters. The standard InChI is InChI=1S/C10H18N4O2S.ClH/c1-7-5-14(6-8(2)12-7)17(15,16)10-4-11-13-9(10)3;/h4,7-8,12H,5-6H2,1-3H3,(H,11,13);1H. The number of hydrogen-bond acceptors (Lipinski definition) is 4. The summed E-state index contributed by atoms with van der Waals surface area (Å²) in [4.78, 5) is 0.277. The number of piperazine rings is 1. The van der Waals surface area contributed by atoms with Gasteiger partial charge in [0, 0.05) is 25.2 Å². The molecule has 6 nitrogen and oxygen atoms in total. The van der Waals surface area contributed by atoms with Crippen LogP contribution in [0.4, 0.5) is 0 Å². The van der Waals surface area contributed by atoms with Crippen LogP contribution in [-0.2, 0) is 10.0 Å². The molecule has 1 saturated heterocycles. The molecule has 0 bridgehead atoms. The molecule has 1 aromatic rings. The Morgan fingerprint density at radius 3 is 2.33 bits per heavy atom. The first-order valence-corrected chi connectivity index (χ1v) is 7.11. The van der Waals surface area contributed by atoms with Gasteiger partial charge >= 0.3 is 0 Å². The van der Waals surface area contributed by atoms with Gasteiger partial charge in [-0.3, -0.25) is 5.10 Å². The van der Waals surface area contributed by atoms with Crippen LogP contribution in [-0.4, -0.2) is 48.1 Å². The van der Waals surface area contributed by atoms with Crippen LogP contribution in [0.15, 0.2) is 11.1 Å². The molecule has 1 aliphatic heterocycles. The van der Waals surface area contributed by atoms with Crippen molar-refractivity contribution in [1.29, 1.82) is 0 Å². The number of nitrogens with zero attached hydrogens (tertiary/aromatic N) is 2. The van der Waals surface area contributed by atoms with Gasteiger partial charge in [-0.15, -0.1) is 12.4 Å². The van der Waals surface area contributed by atoms with E-state index in [-0.39, 0.29) is 29.4 Å². The van der Waals surface area contributed by atoms with E-state index in [1.54, 1.807) is 6.92 Å². The predicted octanol–water partition coefficient (Wildman–Crippen LogP) is 0.511. The van der Waals surface area contributed by atoms with Gasteiger partial charge in [0.15, 0.2) is 0 Å². The van der Waals surface area contributed by atoms with E-state index in [9.17, 15) is 8.42 Å². The zero-order valence-corrected chi connectivity index (χ0v) is 12.3. The van der Waals surface area contributed by atoms with Crippen LogP contribution in [0.2, 0.25) is 0 Å². The lowest BCUT2D eigenvalue weighted by Crippen LogP contribution is -2.55. The molecule has 2 rings (SSSR count). The van der Waals surface area contributed by atoms with Crippen molar-refractivity contribution in [2.75, 3.05) is 13.1 Å². The molecule has 0 radical (unpaired) electrons. The van der Waals surface area contributed by atoms with Crippen LogP contribution in [0.5, 0.6) is 0 Å². The topological polar surface area (TPSA) is 78.1 Å². The maximum Gasteiger partial charge on any atom is 0.246 e. The number of hydrogen-bond donors (Lipinski definition) is 2. The summed E-state index contributed by atoms with van der Waals surface area (Å²) in [6.45, 7) is 6.68. The minimum Gasteiger partial charge on any atom is -0.309 e. The maximum absolute atomic E-state index is 12.4. The van der Waals surface area contributed by atoms with Gasteiger partial charge in [-0.1, -0.05) is 0 Å². The molecule has 0 amide bonds. The normalized spacial score (nSPS) is 25.7. The Kier molecular flexibility index (Phi) is 4.77. The molecule has 0 aromatic carbocycles. The first-order chi connectivity index (χ1) is 7.91. The van der Waals surface area contributed by atoms with Crippen molar-refractivity contribution in [3.05, 3.63) is 11.9 Å². The monoisotopic (exact) mass is 294 g/mol. The number of rotatable bonds is 2. The highest BCUT2D eigenvalue weighted by Crippen LogP contribution is 2.20. The lowest BCUT2D eigenvalue weighted by Gasteiger charge is -2.35. The highest BCUT2D eigenvalue weighted by molar-refractivity contribution is 7.89. The number of nitrogens with one attached hydrogen (secondary N) is 2. The first kappa shape index (κ1) is 15.4. The largest absolute Gasteiger partial charge is 0.309 e. The van der Waals surface area contributed by atoms with Crippen LogP contribution in [0.1, 0.15) is 19.5 Å². The minimum atomic E-state index is -3.42. The van der Waals surface area contributed by atoms with Crippen molar-refractivity contribution in [2.24, 2.45) is 0 Å². The molecule has 8 heteroatoms. The number of H-pyrrole nitrogens is 1. The van der Waals surface area contributed by atoms with Crippen LogP contribution in [0.3, 0.4) is 0 Å². The van der Waals surface area contributed by atoms with E-state index in [0.29, 0.717) is 18.8 Å².